The molecule has 1 N–H and O–H groups in total. The standard InChI is InChI=1S/C20H21N3O5S2/c24-17(21-6-2-8-22-7-1-3-18(22)25)11-23-19(26)16(30-20(23)29)10-13-4-5-14-15(9-13)28-12-27-14/h4-5,9-10H,1-3,6-8,11-12H2,(H,21,24). The zero-order valence-electron chi connectivity index (χ0n) is 16.2. The highest BCUT2D eigenvalue weighted by Gasteiger charge is 2.33. The molecule has 0 aromatic heterocycles. The van der Waals surface area contributed by atoms with Crippen LogP contribution in [0.1, 0.15) is 24.8 Å². The Bertz CT molecular complexity index is 933. The lowest BCUT2D eigenvalue weighted by Gasteiger charge is -2.16. The largest absolute Gasteiger partial charge is 0.454 e. The number of hydrogen-bond donors (Lipinski definition) is 1. The van der Waals surface area contributed by atoms with Crippen LogP contribution in [-0.4, -0.2) is 64.8 Å². The predicted octanol–water partition coefficient (Wildman–Crippen LogP) is 1.75. The molecule has 158 valence electrons. The molecule has 3 amide bonds. The fourth-order valence-corrected chi connectivity index (χ4v) is 4.68. The number of ether oxygens (including phenoxy) is 2. The summed E-state index contributed by atoms with van der Waals surface area (Å²) in [7, 11) is 0. The molecule has 3 heterocycles. The average Bonchev–Trinajstić information content (AvgIpc) is 3.42. The highest BCUT2D eigenvalue weighted by atomic mass is 32.2. The van der Waals surface area contributed by atoms with Crippen molar-refractivity contribution < 1.29 is 23.9 Å². The number of nitrogens with zero attached hydrogens (tertiary/aromatic N) is 2. The Morgan fingerprint density at radius 3 is 2.90 bits per heavy atom. The van der Waals surface area contributed by atoms with Gasteiger partial charge in [0.2, 0.25) is 18.6 Å². The van der Waals surface area contributed by atoms with Gasteiger partial charge in [0.05, 0.1) is 4.91 Å². The number of hydrogen-bond acceptors (Lipinski definition) is 7. The van der Waals surface area contributed by atoms with Crippen molar-refractivity contribution in [3.63, 3.8) is 0 Å². The van der Waals surface area contributed by atoms with Gasteiger partial charge in [-0.25, -0.2) is 0 Å². The van der Waals surface area contributed by atoms with Crippen LogP contribution in [0.15, 0.2) is 23.1 Å². The Morgan fingerprint density at radius 2 is 2.10 bits per heavy atom. The Hall–Kier alpha value is -2.59. The van der Waals surface area contributed by atoms with Gasteiger partial charge in [0.25, 0.3) is 5.91 Å². The molecule has 2 saturated heterocycles. The summed E-state index contributed by atoms with van der Waals surface area (Å²) in [5, 5.41) is 2.79. The maximum absolute atomic E-state index is 12.7. The highest BCUT2D eigenvalue weighted by Crippen LogP contribution is 2.36. The van der Waals surface area contributed by atoms with Crippen molar-refractivity contribution >= 4 is 52.1 Å². The number of fused-ring (bicyclic) bond motifs is 1. The Balaban J connectivity index is 1.28. The molecule has 3 aliphatic rings. The smallest absolute Gasteiger partial charge is 0.266 e. The molecule has 4 rings (SSSR count). The minimum Gasteiger partial charge on any atom is -0.454 e. The number of carbonyl (C=O) groups excluding carboxylic acids is 3. The highest BCUT2D eigenvalue weighted by molar-refractivity contribution is 8.26. The molecule has 0 unspecified atom stereocenters. The predicted molar refractivity (Wildman–Crippen MR) is 116 cm³/mol. The van der Waals surface area contributed by atoms with Crippen LogP contribution in [0.3, 0.4) is 0 Å². The summed E-state index contributed by atoms with van der Waals surface area (Å²) in [4.78, 5) is 40.1. The Kier molecular flexibility index (Phi) is 6.24. The fraction of sp³-hybridized carbons (Fsp3) is 0.400. The number of carbonyl (C=O) groups is 3. The minimum atomic E-state index is -0.291. The molecule has 3 aliphatic heterocycles. The van der Waals surface area contributed by atoms with Crippen molar-refractivity contribution in [1.82, 2.24) is 15.1 Å². The minimum absolute atomic E-state index is 0.119. The van der Waals surface area contributed by atoms with Crippen LogP contribution in [0, 0.1) is 0 Å². The number of benzene rings is 1. The molecule has 1 aromatic carbocycles. The van der Waals surface area contributed by atoms with Gasteiger partial charge in [-0.15, -0.1) is 0 Å². The Labute approximate surface area is 183 Å². The summed E-state index contributed by atoms with van der Waals surface area (Å²) in [6, 6.07) is 5.42. The summed E-state index contributed by atoms with van der Waals surface area (Å²) in [5.41, 5.74) is 0.792. The van der Waals surface area contributed by atoms with E-state index in [1.54, 1.807) is 18.2 Å². The monoisotopic (exact) mass is 447 g/mol. The Morgan fingerprint density at radius 1 is 1.27 bits per heavy atom. The maximum Gasteiger partial charge on any atom is 0.266 e. The molecule has 0 saturated carbocycles. The van der Waals surface area contributed by atoms with E-state index in [2.05, 4.69) is 5.32 Å². The van der Waals surface area contributed by atoms with Crippen LogP contribution in [0.5, 0.6) is 11.5 Å². The van der Waals surface area contributed by atoms with Crippen LogP contribution in [0.4, 0.5) is 0 Å². The van der Waals surface area contributed by atoms with Gasteiger partial charge >= 0.3 is 0 Å². The molecule has 10 heteroatoms. The molecular formula is C20H21N3O5S2. The van der Waals surface area contributed by atoms with Gasteiger partial charge in [-0.1, -0.05) is 30.0 Å². The van der Waals surface area contributed by atoms with Crippen LogP contribution < -0.4 is 14.8 Å². The summed E-state index contributed by atoms with van der Waals surface area (Å²) in [5.74, 6) is 0.914. The number of thioether (sulfide) groups is 1. The zero-order valence-corrected chi connectivity index (χ0v) is 17.9. The molecular weight excluding hydrogens is 426 g/mol. The molecule has 0 spiro atoms. The maximum atomic E-state index is 12.7. The fourth-order valence-electron chi connectivity index (χ4n) is 3.43. The van der Waals surface area contributed by atoms with Crippen molar-refractivity contribution in [3.05, 3.63) is 28.7 Å². The van der Waals surface area contributed by atoms with E-state index in [0.29, 0.717) is 46.7 Å². The molecule has 30 heavy (non-hydrogen) atoms. The third-order valence-electron chi connectivity index (χ3n) is 4.97. The number of thiocarbonyl (C=S) groups is 1. The van der Waals surface area contributed by atoms with E-state index in [-0.39, 0.29) is 31.1 Å². The number of nitrogens with one attached hydrogen (secondary N) is 1. The van der Waals surface area contributed by atoms with E-state index in [1.165, 1.54) is 16.7 Å². The molecule has 0 aliphatic carbocycles. The second-order valence-electron chi connectivity index (χ2n) is 7.07. The van der Waals surface area contributed by atoms with Gasteiger partial charge in [0.1, 0.15) is 10.9 Å². The van der Waals surface area contributed by atoms with Gasteiger partial charge in [0, 0.05) is 26.1 Å². The summed E-state index contributed by atoms with van der Waals surface area (Å²) < 4.78 is 11.0. The lowest BCUT2D eigenvalue weighted by atomic mass is 10.2. The first-order chi connectivity index (χ1) is 14.5. The molecule has 0 bridgehead atoms. The van der Waals surface area contributed by atoms with E-state index in [9.17, 15) is 14.4 Å². The first-order valence-corrected chi connectivity index (χ1v) is 10.9. The average molecular weight is 448 g/mol. The third kappa shape index (κ3) is 4.59. The number of rotatable bonds is 7. The second kappa shape index (κ2) is 9.05. The number of amides is 3. The zero-order chi connectivity index (χ0) is 21.1. The van der Waals surface area contributed by atoms with Crippen LogP contribution in [-0.2, 0) is 14.4 Å². The lowest BCUT2D eigenvalue weighted by Crippen LogP contribution is -2.40. The van der Waals surface area contributed by atoms with Crippen molar-refractivity contribution in [2.75, 3.05) is 33.0 Å². The van der Waals surface area contributed by atoms with E-state index >= 15 is 0 Å². The van der Waals surface area contributed by atoms with E-state index in [0.717, 1.165) is 18.5 Å². The van der Waals surface area contributed by atoms with Crippen molar-refractivity contribution in [2.24, 2.45) is 0 Å². The van der Waals surface area contributed by atoms with Crippen LogP contribution in [0.2, 0.25) is 0 Å². The molecule has 8 nitrogen and oxygen atoms in total. The van der Waals surface area contributed by atoms with Gasteiger partial charge in [-0.3, -0.25) is 19.3 Å². The van der Waals surface area contributed by atoms with E-state index < -0.39 is 0 Å². The van der Waals surface area contributed by atoms with Gasteiger partial charge in [-0.2, -0.15) is 0 Å². The van der Waals surface area contributed by atoms with Crippen LogP contribution in [0.25, 0.3) is 6.08 Å². The van der Waals surface area contributed by atoms with Gasteiger partial charge in [0.15, 0.2) is 11.5 Å². The lowest BCUT2D eigenvalue weighted by molar-refractivity contribution is -0.129. The molecule has 2 fully saturated rings. The first kappa shape index (κ1) is 20.7. The van der Waals surface area contributed by atoms with Gasteiger partial charge in [-0.05, 0) is 36.6 Å². The topological polar surface area (TPSA) is 88.2 Å². The molecule has 0 atom stereocenters. The van der Waals surface area contributed by atoms with Gasteiger partial charge < -0.3 is 19.7 Å². The quantitative estimate of drug-likeness (QED) is 0.387. The summed E-state index contributed by atoms with van der Waals surface area (Å²) in [6.07, 6.45) is 3.92. The normalized spacial score (nSPS) is 19.3. The van der Waals surface area contributed by atoms with Crippen molar-refractivity contribution in [1.29, 1.82) is 0 Å². The first-order valence-electron chi connectivity index (χ1n) is 9.71. The summed E-state index contributed by atoms with van der Waals surface area (Å²) >= 11 is 6.46. The second-order valence-corrected chi connectivity index (χ2v) is 8.74. The van der Waals surface area contributed by atoms with Crippen molar-refractivity contribution in [3.8, 4) is 11.5 Å². The number of likely N-dealkylation sites (tertiary alicyclic amines) is 1. The summed E-state index contributed by atoms with van der Waals surface area (Å²) in [6.45, 7) is 1.94. The SMILES string of the molecule is O=C(CN1C(=O)C(=Cc2ccc3c(c2)OCO3)SC1=S)NCCCN1CCCC1=O. The van der Waals surface area contributed by atoms with E-state index in [4.69, 9.17) is 21.7 Å². The van der Waals surface area contributed by atoms with Crippen molar-refractivity contribution in [2.45, 2.75) is 19.3 Å². The third-order valence-corrected chi connectivity index (χ3v) is 6.35. The molecule has 1 aromatic rings. The van der Waals surface area contributed by atoms with Crippen LogP contribution >= 0.6 is 24.0 Å². The van der Waals surface area contributed by atoms with E-state index in [1.807, 2.05) is 11.0 Å². The molecule has 0 radical (unpaired) electrons.